The smallest absolute Gasteiger partial charge is 0.0991 e. The average molecular weight is 280 g/mol. The number of hydrogen-bond acceptors (Lipinski definition) is 3. The standard InChI is InChI=1S/C17H20N4/c1-2-4-14(5-3-1)21-11-9-19-16-7-6-15(12-17(16)21)20-10-8-18-13-20/h6-10,12-14H,1-5,11H2. The number of nitrogens with zero attached hydrogens (tertiary/aromatic N) is 4. The summed E-state index contributed by atoms with van der Waals surface area (Å²) in [6, 6.07) is 7.16. The van der Waals surface area contributed by atoms with Crippen molar-refractivity contribution < 1.29 is 0 Å². The third-order valence-corrected chi connectivity index (χ3v) is 4.60. The molecule has 1 aromatic carbocycles. The zero-order valence-electron chi connectivity index (χ0n) is 12.2. The van der Waals surface area contributed by atoms with Crippen LogP contribution in [0.1, 0.15) is 32.1 Å². The van der Waals surface area contributed by atoms with Gasteiger partial charge in [0.05, 0.1) is 24.2 Å². The predicted molar refractivity (Wildman–Crippen MR) is 85.9 cm³/mol. The first-order valence-corrected chi connectivity index (χ1v) is 7.83. The highest BCUT2D eigenvalue weighted by molar-refractivity contribution is 5.83. The highest BCUT2D eigenvalue weighted by Crippen LogP contribution is 2.37. The van der Waals surface area contributed by atoms with Crippen molar-refractivity contribution in [1.82, 2.24) is 9.55 Å². The van der Waals surface area contributed by atoms with Crippen molar-refractivity contribution >= 4 is 17.6 Å². The van der Waals surface area contributed by atoms with Gasteiger partial charge in [0.15, 0.2) is 0 Å². The summed E-state index contributed by atoms with van der Waals surface area (Å²) in [4.78, 5) is 11.3. The molecule has 21 heavy (non-hydrogen) atoms. The van der Waals surface area contributed by atoms with E-state index >= 15 is 0 Å². The Kier molecular flexibility index (Phi) is 3.22. The maximum Gasteiger partial charge on any atom is 0.0991 e. The fourth-order valence-electron chi connectivity index (χ4n) is 3.49. The summed E-state index contributed by atoms with van der Waals surface area (Å²) in [6.45, 7) is 0.936. The van der Waals surface area contributed by atoms with Gasteiger partial charge in [0, 0.05) is 30.3 Å². The van der Waals surface area contributed by atoms with Crippen molar-refractivity contribution in [3.8, 4) is 5.69 Å². The topological polar surface area (TPSA) is 33.4 Å². The van der Waals surface area contributed by atoms with Gasteiger partial charge in [0.1, 0.15) is 0 Å². The Balaban J connectivity index is 1.71. The van der Waals surface area contributed by atoms with E-state index in [1.54, 1.807) is 0 Å². The van der Waals surface area contributed by atoms with Gasteiger partial charge in [0.25, 0.3) is 0 Å². The second-order valence-electron chi connectivity index (χ2n) is 5.90. The summed E-state index contributed by atoms with van der Waals surface area (Å²) in [6.07, 6.45) is 14.4. The zero-order chi connectivity index (χ0) is 14.1. The minimum atomic E-state index is 0.669. The maximum atomic E-state index is 4.57. The van der Waals surface area contributed by atoms with Crippen LogP contribution in [0.3, 0.4) is 0 Å². The van der Waals surface area contributed by atoms with Gasteiger partial charge >= 0.3 is 0 Å². The molecule has 0 N–H and O–H groups in total. The van der Waals surface area contributed by atoms with E-state index in [-0.39, 0.29) is 0 Å². The fourth-order valence-corrected chi connectivity index (χ4v) is 3.49. The molecule has 1 aliphatic heterocycles. The van der Waals surface area contributed by atoms with Crippen molar-refractivity contribution in [1.29, 1.82) is 0 Å². The molecule has 2 aliphatic rings. The Morgan fingerprint density at radius 2 is 2.00 bits per heavy atom. The first kappa shape index (κ1) is 12.6. The first-order chi connectivity index (χ1) is 10.4. The third-order valence-electron chi connectivity index (χ3n) is 4.60. The lowest BCUT2D eigenvalue weighted by molar-refractivity contribution is 0.423. The van der Waals surface area contributed by atoms with Crippen molar-refractivity contribution in [2.24, 2.45) is 4.99 Å². The Hall–Kier alpha value is -2.10. The van der Waals surface area contributed by atoms with Crippen LogP contribution in [-0.2, 0) is 0 Å². The lowest BCUT2D eigenvalue weighted by Crippen LogP contribution is -2.39. The normalized spacial score (nSPS) is 18.8. The molecule has 4 rings (SSSR count). The predicted octanol–water partition coefficient (Wildman–Crippen LogP) is 3.73. The number of aliphatic imine (C=N–C) groups is 1. The van der Waals surface area contributed by atoms with Crippen LogP contribution in [0, 0.1) is 0 Å². The Morgan fingerprint density at radius 1 is 1.10 bits per heavy atom. The lowest BCUT2D eigenvalue weighted by atomic mass is 9.93. The number of hydrogen-bond donors (Lipinski definition) is 0. The van der Waals surface area contributed by atoms with Crippen molar-refractivity contribution in [3.63, 3.8) is 0 Å². The molecule has 4 nitrogen and oxygen atoms in total. The van der Waals surface area contributed by atoms with Crippen molar-refractivity contribution in [2.45, 2.75) is 38.1 Å². The van der Waals surface area contributed by atoms with E-state index in [4.69, 9.17) is 0 Å². The number of aromatic nitrogens is 2. The molecule has 0 amide bonds. The van der Waals surface area contributed by atoms with Crippen LogP contribution in [0.2, 0.25) is 0 Å². The van der Waals surface area contributed by atoms with E-state index in [0.29, 0.717) is 6.04 Å². The van der Waals surface area contributed by atoms with Gasteiger partial charge in [-0.05, 0) is 31.0 Å². The quantitative estimate of drug-likeness (QED) is 0.840. The maximum absolute atomic E-state index is 4.57. The monoisotopic (exact) mass is 280 g/mol. The largest absolute Gasteiger partial charge is 0.361 e. The summed E-state index contributed by atoms with van der Waals surface area (Å²) in [5.41, 5.74) is 3.52. The summed E-state index contributed by atoms with van der Waals surface area (Å²) in [5, 5.41) is 0. The molecular formula is C17H20N4. The second-order valence-corrected chi connectivity index (χ2v) is 5.90. The molecule has 0 saturated heterocycles. The van der Waals surface area contributed by atoms with Gasteiger partial charge in [-0.3, -0.25) is 4.99 Å². The molecule has 1 fully saturated rings. The number of rotatable bonds is 2. The zero-order valence-corrected chi connectivity index (χ0v) is 12.2. The van der Waals surface area contributed by atoms with E-state index in [2.05, 4.69) is 37.6 Å². The molecule has 0 atom stereocenters. The first-order valence-electron chi connectivity index (χ1n) is 7.83. The Labute approximate surface area is 125 Å². The number of fused-ring (bicyclic) bond motifs is 1. The molecule has 2 aromatic rings. The number of imidazole rings is 1. The fraction of sp³-hybridized carbons (Fsp3) is 0.412. The van der Waals surface area contributed by atoms with E-state index in [9.17, 15) is 0 Å². The van der Waals surface area contributed by atoms with Crippen LogP contribution >= 0.6 is 0 Å². The lowest BCUT2D eigenvalue weighted by Gasteiger charge is -2.37. The SMILES string of the molecule is C1=Nc2ccc(-n3ccnc3)cc2N(C2CCCCC2)C1. The van der Waals surface area contributed by atoms with Crippen LogP contribution in [0.25, 0.3) is 5.69 Å². The third kappa shape index (κ3) is 2.35. The van der Waals surface area contributed by atoms with Crippen LogP contribution in [0.4, 0.5) is 11.4 Å². The van der Waals surface area contributed by atoms with E-state index in [1.165, 1.54) is 37.8 Å². The van der Waals surface area contributed by atoms with Gasteiger partial charge in [-0.1, -0.05) is 19.3 Å². The molecule has 1 aliphatic carbocycles. The summed E-state index contributed by atoms with van der Waals surface area (Å²) in [5.74, 6) is 0. The summed E-state index contributed by atoms with van der Waals surface area (Å²) in [7, 11) is 0. The van der Waals surface area contributed by atoms with Crippen LogP contribution in [-0.4, -0.2) is 28.4 Å². The van der Waals surface area contributed by atoms with Crippen LogP contribution < -0.4 is 4.90 Å². The van der Waals surface area contributed by atoms with E-state index in [0.717, 1.165) is 17.9 Å². The molecule has 0 radical (unpaired) electrons. The average Bonchev–Trinajstić information content (AvgIpc) is 3.09. The molecular weight excluding hydrogens is 260 g/mol. The van der Waals surface area contributed by atoms with Gasteiger partial charge in [-0.25, -0.2) is 4.98 Å². The Bertz CT molecular complexity index is 639. The highest BCUT2D eigenvalue weighted by Gasteiger charge is 2.24. The number of benzene rings is 1. The Morgan fingerprint density at radius 3 is 2.81 bits per heavy atom. The minimum Gasteiger partial charge on any atom is -0.361 e. The van der Waals surface area contributed by atoms with Gasteiger partial charge in [-0.2, -0.15) is 0 Å². The van der Waals surface area contributed by atoms with Crippen LogP contribution in [0.15, 0.2) is 41.9 Å². The minimum absolute atomic E-state index is 0.669. The molecule has 2 heterocycles. The number of anilines is 1. The molecule has 4 heteroatoms. The van der Waals surface area contributed by atoms with Crippen LogP contribution in [0.5, 0.6) is 0 Å². The highest BCUT2D eigenvalue weighted by atomic mass is 15.2. The molecule has 0 bridgehead atoms. The molecule has 0 unspecified atom stereocenters. The second kappa shape index (κ2) is 5.35. The molecule has 1 saturated carbocycles. The van der Waals surface area contributed by atoms with Gasteiger partial charge < -0.3 is 9.47 Å². The molecule has 1 aromatic heterocycles. The molecule has 0 spiro atoms. The van der Waals surface area contributed by atoms with E-state index < -0.39 is 0 Å². The summed E-state index contributed by atoms with van der Waals surface area (Å²) < 4.78 is 2.05. The summed E-state index contributed by atoms with van der Waals surface area (Å²) >= 11 is 0. The molecule has 108 valence electrons. The van der Waals surface area contributed by atoms with Gasteiger partial charge in [-0.15, -0.1) is 0 Å². The van der Waals surface area contributed by atoms with Crippen molar-refractivity contribution in [3.05, 3.63) is 36.9 Å². The van der Waals surface area contributed by atoms with Gasteiger partial charge in [0.2, 0.25) is 0 Å². The van der Waals surface area contributed by atoms with E-state index in [1.807, 2.05) is 24.9 Å². The van der Waals surface area contributed by atoms with Crippen molar-refractivity contribution in [2.75, 3.05) is 11.4 Å².